The van der Waals surface area contributed by atoms with Crippen LogP contribution in [0.2, 0.25) is 0 Å². The monoisotopic (exact) mass is 403 g/mol. The molecule has 2 heterocycles. The molecule has 2 aromatic rings. The molecule has 0 saturated carbocycles. The number of nitrogens with one attached hydrogen (secondary N) is 1. The summed E-state index contributed by atoms with van der Waals surface area (Å²) < 4.78 is 32.1. The van der Waals surface area contributed by atoms with Gasteiger partial charge in [0.05, 0.1) is 6.61 Å². The molecule has 0 bridgehead atoms. The van der Waals surface area contributed by atoms with Crippen molar-refractivity contribution in [1.29, 1.82) is 0 Å². The normalized spacial score (nSPS) is 15.9. The van der Waals surface area contributed by atoms with Gasteiger partial charge in [-0.1, -0.05) is 12.1 Å². The van der Waals surface area contributed by atoms with Gasteiger partial charge in [-0.15, -0.1) is 0 Å². The molecule has 8 heteroatoms. The van der Waals surface area contributed by atoms with Gasteiger partial charge >= 0.3 is 0 Å². The predicted octanol–water partition coefficient (Wildman–Crippen LogP) is 2.20. The third-order valence-electron chi connectivity index (χ3n) is 4.80. The molecular weight excluding hydrogens is 378 g/mol. The Labute approximate surface area is 165 Å². The van der Waals surface area contributed by atoms with Gasteiger partial charge in [0, 0.05) is 37.9 Å². The Hall–Kier alpha value is -2.45. The molecular formula is C20H25N3O4S. The second kappa shape index (κ2) is 9.16. The van der Waals surface area contributed by atoms with Crippen LogP contribution in [0.15, 0.2) is 53.7 Å². The van der Waals surface area contributed by atoms with Crippen LogP contribution in [0.4, 0.5) is 0 Å². The Morgan fingerprint density at radius 3 is 2.54 bits per heavy atom. The van der Waals surface area contributed by atoms with Crippen LogP contribution < -0.4 is 10.1 Å². The number of aromatic nitrogens is 1. The molecule has 1 aliphatic rings. The minimum atomic E-state index is -3.55. The van der Waals surface area contributed by atoms with Crippen LogP contribution in [-0.4, -0.2) is 43.3 Å². The summed E-state index contributed by atoms with van der Waals surface area (Å²) >= 11 is 0. The lowest BCUT2D eigenvalue weighted by Gasteiger charge is -2.30. The summed E-state index contributed by atoms with van der Waals surface area (Å²) in [6.07, 6.45) is 3.91. The summed E-state index contributed by atoms with van der Waals surface area (Å²) in [6.45, 7) is 3.66. The van der Waals surface area contributed by atoms with Gasteiger partial charge in [-0.25, -0.2) is 8.42 Å². The second-order valence-electron chi connectivity index (χ2n) is 6.66. The predicted molar refractivity (Wildman–Crippen MR) is 105 cm³/mol. The summed E-state index contributed by atoms with van der Waals surface area (Å²) in [5.41, 5.74) is 0.994. The molecule has 1 aromatic heterocycles. The molecule has 0 aliphatic carbocycles. The van der Waals surface area contributed by atoms with Crippen molar-refractivity contribution in [1.82, 2.24) is 14.6 Å². The summed E-state index contributed by atoms with van der Waals surface area (Å²) in [4.78, 5) is 16.5. The van der Waals surface area contributed by atoms with Crippen molar-refractivity contribution in [2.45, 2.75) is 31.2 Å². The number of piperidine rings is 1. The van der Waals surface area contributed by atoms with Crippen molar-refractivity contribution < 1.29 is 17.9 Å². The van der Waals surface area contributed by atoms with E-state index < -0.39 is 10.0 Å². The Morgan fingerprint density at radius 1 is 1.21 bits per heavy atom. The van der Waals surface area contributed by atoms with E-state index in [1.165, 1.54) is 16.6 Å². The Bertz CT molecular complexity index is 877. The van der Waals surface area contributed by atoms with E-state index in [9.17, 15) is 13.2 Å². The van der Waals surface area contributed by atoms with Crippen LogP contribution in [0.1, 0.15) is 25.3 Å². The Balaban J connectivity index is 1.50. The van der Waals surface area contributed by atoms with Crippen LogP contribution in [-0.2, 0) is 21.4 Å². The summed E-state index contributed by atoms with van der Waals surface area (Å²) in [5, 5.41) is 2.95. The highest BCUT2D eigenvalue weighted by molar-refractivity contribution is 7.89. The first-order valence-electron chi connectivity index (χ1n) is 9.40. The topological polar surface area (TPSA) is 88.6 Å². The van der Waals surface area contributed by atoms with Gasteiger partial charge in [-0.2, -0.15) is 4.31 Å². The van der Waals surface area contributed by atoms with E-state index in [4.69, 9.17) is 4.74 Å². The van der Waals surface area contributed by atoms with Gasteiger partial charge in [0.25, 0.3) is 0 Å². The maximum atomic E-state index is 12.6. The SMILES string of the molecule is CCOc1ccc(CNC(=O)C2CCN(S(=O)(=O)c3cccnc3)CC2)cc1. The summed E-state index contributed by atoms with van der Waals surface area (Å²) in [6, 6.07) is 10.8. The number of hydrogen-bond donors (Lipinski definition) is 1. The highest BCUT2D eigenvalue weighted by Gasteiger charge is 2.32. The average molecular weight is 404 g/mol. The minimum absolute atomic E-state index is 0.0349. The quantitative estimate of drug-likeness (QED) is 0.766. The molecule has 3 rings (SSSR count). The molecule has 0 spiro atoms. The molecule has 150 valence electrons. The van der Waals surface area contributed by atoms with Crippen LogP contribution in [0.5, 0.6) is 5.75 Å². The summed E-state index contributed by atoms with van der Waals surface area (Å²) in [5.74, 6) is 0.593. The lowest BCUT2D eigenvalue weighted by molar-refractivity contribution is -0.126. The van der Waals surface area contributed by atoms with Gasteiger partial charge in [0.2, 0.25) is 15.9 Å². The molecule has 0 atom stereocenters. The number of carbonyl (C=O) groups is 1. The maximum Gasteiger partial charge on any atom is 0.244 e. The van der Waals surface area contributed by atoms with Crippen molar-refractivity contribution in [3.8, 4) is 5.75 Å². The van der Waals surface area contributed by atoms with E-state index in [1.807, 2.05) is 31.2 Å². The largest absolute Gasteiger partial charge is 0.494 e. The number of nitrogens with zero attached hydrogens (tertiary/aromatic N) is 2. The minimum Gasteiger partial charge on any atom is -0.494 e. The van der Waals surface area contributed by atoms with Gasteiger partial charge < -0.3 is 10.1 Å². The third-order valence-corrected chi connectivity index (χ3v) is 6.68. The molecule has 28 heavy (non-hydrogen) atoms. The number of ether oxygens (including phenoxy) is 1. The van der Waals surface area contributed by atoms with Crippen molar-refractivity contribution >= 4 is 15.9 Å². The molecule has 1 saturated heterocycles. The van der Waals surface area contributed by atoms with Crippen molar-refractivity contribution in [2.75, 3.05) is 19.7 Å². The fourth-order valence-electron chi connectivity index (χ4n) is 3.21. The number of rotatable bonds is 7. The van der Waals surface area contributed by atoms with Crippen molar-refractivity contribution in [3.63, 3.8) is 0 Å². The number of pyridine rings is 1. The standard InChI is InChI=1S/C20H25N3O4S/c1-2-27-18-7-5-16(6-8-18)14-22-20(24)17-9-12-23(13-10-17)28(25,26)19-4-3-11-21-15-19/h3-8,11,15,17H,2,9-10,12-14H2,1H3,(H,22,24). The molecule has 0 radical (unpaired) electrons. The van der Waals surface area contributed by atoms with Crippen LogP contribution in [0.25, 0.3) is 0 Å². The average Bonchev–Trinajstić information content (AvgIpc) is 2.74. The molecule has 1 fully saturated rings. The van der Waals surface area contributed by atoms with Gasteiger partial charge in [-0.3, -0.25) is 9.78 Å². The van der Waals surface area contributed by atoms with E-state index >= 15 is 0 Å². The fraction of sp³-hybridized carbons (Fsp3) is 0.400. The van der Waals surface area contributed by atoms with Crippen molar-refractivity contribution in [3.05, 3.63) is 54.4 Å². The second-order valence-corrected chi connectivity index (χ2v) is 8.60. The number of carbonyl (C=O) groups excluding carboxylic acids is 1. The molecule has 1 N–H and O–H groups in total. The molecule has 1 aliphatic heterocycles. The van der Waals surface area contributed by atoms with E-state index in [-0.39, 0.29) is 16.7 Å². The number of hydrogen-bond acceptors (Lipinski definition) is 5. The molecule has 1 amide bonds. The lowest BCUT2D eigenvalue weighted by Crippen LogP contribution is -2.42. The Kier molecular flexibility index (Phi) is 6.64. The first-order valence-corrected chi connectivity index (χ1v) is 10.8. The zero-order chi connectivity index (χ0) is 20.0. The number of benzene rings is 1. The van der Waals surface area contributed by atoms with E-state index in [0.29, 0.717) is 39.1 Å². The Morgan fingerprint density at radius 2 is 1.93 bits per heavy atom. The molecule has 1 aromatic carbocycles. The van der Waals surface area contributed by atoms with E-state index in [0.717, 1.165) is 11.3 Å². The highest BCUT2D eigenvalue weighted by atomic mass is 32.2. The van der Waals surface area contributed by atoms with Crippen molar-refractivity contribution in [2.24, 2.45) is 5.92 Å². The summed E-state index contributed by atoms with van der Waals surface area (Å²) in [7, 11) is -3.55. The first kappa shape index (κ1) is 20.3. The first-order chi connectivity index (χ1) is 13.5. The van der Waals surface area contributed by atoms with Crippen LogP contribution in [0.3, 0.4) is 0 Å². The van der Waals surface area contributed by atoms with Crippen LogP contribution in [0, 0.1) is 5.92 Å². The number of amides is 1. The smallest absolute Gasteiger partial charge is 0.244 e. The van der Waals surface area contributed by atoms with E-state index in [2.05, 4.69) is 10.3 Å². The van der Waals surface area contributed by atoms with Crippen LogP contribution >= 0.6 is 0 Å². The zero-order valence-electron chi connectivity index (χ0n) is 15.9. The highest BCUT2D eigenvalue weighted by Crippen LogP contribution is 2.23. The van der Waals surface area contributed by atoms with E-state index in [1.54, 1.807) is 12.3 Å². The van der Waals surface area contributed by atoms with Gasteiger partial charge in [0.15, 0.2) is 0 Å². The van der Waals surface area contributed by atoms with Gasteiger partial charge in [0.1, 0.15) is 10.6 Å². The third kappa shape index (κ3) is 4.88. The fourth-order valence-corrected chi connectivity index (χ4v) is 4.65. The number of sulfonamides is 1. The molecule has 7 nitrogen and oxygen atoms in total. The lowest BCUT2D eigenvalue weighted by atomic mass is 9.97. The molecule has 0 unspecified atom stereocenters. The zero-order valence-corrected chi connectivity index (χ0v) is 16.7. The van der Waals surface area contributed by atoms with Gasteiger partial charge in [-0.05, 0) is 49.6 Å². The maximum absolute atomic E-state index is 12.6.